The summed E-state index contributed by atoms with van der Waals surface area (Å²) >= 11 is 1.25. The summed E-state index contributed by atoms with van der Waals surface area (Å²) in [5.41, 5.74) is -0.0293. The highest BCUT2D eigenvalue weighted by Crippen LogP contribution is 2.22. The quantitative estimate of drug-likeness (QED) is 0.458. The molecule has 0 N–H and O–H groups in total. The van der Waals surface area contributed by atoms with Crippen LogP contribution < -0.4 is 0 Å². The first-order valence-corrected chi connectivity index (χ1v) is 5.12. The Morgan fingerprint density at radius 3 is 2.50 bits per heavy atom. The minimum atomic E-state index is -0.486. The fraction of sp³-hybridized carbons (Fsp3) is 0. The predicted molar refractivity (Wildman–Crippen MR) is 57.0 cm³/mol. The molecule has 0 aromatic carbocycles. The molecule has 2 heterocycles. The number of rotatable bonds is 3. The number of aromatic nitrogens is 3. The molecule has 16 heavy (non-hydrogen) atoms. The number of pyridine rings is 1. The Hall–Kier alpha value is -2.02. The van der Waals surface area contributed by atoms with Gasteiger partial charge in [0.1, 0.15) is 11.2 Å². The highest BCUT2D eigenvalue weighted by Gasteiger charge is 2.06. The van der Waals surface area contributed by atoms with Gasteiger partial charge in [0.15, 0.2) is 5.16 Å². The fourth-order valence-corrected chi connectivity index (χ4v) is 1.63. The predicted octanol–water partition coefficient (Wildman–Crippen LogP) is 1.93. The Bertz CT molecular complexity index is 489. The molecule has 0 bridgehead atoms. The minimum absolute atomic E-state index is 0.0293. The first-order valence-electron chi connectivity index (χ1n) is 4.31. The van der Waals surface area contributed by atoms with Crippen LogP contribution in [0.3, 0.4) is 0 Å². The van der Waals surface area contributed by atoms with Gasteiger partial charge in [-0.25, -0.2) is 15.0 Å². The molecule has 0 saturated carbocycles. The molecule has 0 aliphatic rings. The molecule has 0 saturated heterocycles. The summed E-state index contributed by atoms with van der Waals surface area (Å²) in [4.78, 5) is 21.9. The minimum Gasteiger partial charge on any atom is -0.258 e. The summed E-state index contributed by atoms with van der Waals surface area (Å²) < 4.78 is 0. The van der Waals surface area contributed by atoms with E-state index in [2.05, 4.69) is 15.0 Å². The second kappa shape index (κ2) is 4.67. The maximum absolute atomic E-state index is 10.4. The lowest BCUT2D eigenvalue weighted by Crippen LogP contribution is -1.90. The molecular weight excluding hydrogens is 228 g/mol. The van der Waals surface area contributed by atoms with Crippen LogP contribution in [-0.4, -0.2) is 19.9 Å². The monoisotopic (exact) mass is 234 g/mol. The van der Waals surface area contributed by atoms with Crippen LogP contribution >= 0.6 is 11.8 Å². The van der Waals surface area contributed by atoms with Crippen LogP contribution in [0.2, 0.25) is 0 Å². The summed E-state index contributed by atoms with van der Waals surface area (Å²) in [5, 5.41) is 11.6. The van der Waals surface area contributed by atoms with Crippen molar-refractivity contribution in [2.24, 2.45) is 0 Å². The molecule has 0 aliphatic carbocycles. The van der Waals surface area contributed by atoms with Gasteiger partial charge in [0, 0.05) is 18.5 Å². The lowest BCUT2D eigenvalue weighted by Gasteiger charge is -1.97. The molecular formula is C9H6N4O2S. The third kappa shape index (κ3) is 2.51. The van der Waals surface area contributed by atoms with E-state index in [1.807, 2.05) is 0 Å². The van der Waals surface area contributed by atoms with Crippen molar-refractivity contribution in [3.05, 3.63) is 46.9 Å². The van der Waals surface area contributed by atoms with Gasteiger partial charge in [-0.3, -0.25) is 10.1 Å². The second-order valence-electron chi connectivity index (χ2n) is 2.75. The lowest BCUT2D eigenvalue weighted by molar-refractivity contribution is -0.385. The zero-order valence-electron chi connectivity index (χ0n) is 7.98. The molecule has 0 fully saturated rings. The topological polar surface area (TPSA) is 81.8 Å². The Morgan fingerprint density at radius 2 is 1.94 bits per heavy atom. The van der Waals surface area contributed by atoms with E-state index in [-0.39, 0.29) is 5.69 Å². The first-order chi connectivity index (χ1) is 7.75. The van der Waals surface area contributed by atoms with Crippen LogP contribution in [0, 0.1) is 10.1 Å². The van der Waals surface area contributed by atoms with Gasteiger partial charge in [0.2, 0.25) is 0 Å². The number of nitrogens with zero attached hydrogens (tertiary/aromatic N) is 4. The molecule has 0 unspecified atom stereocenters. The van der Waals surface area contributed by atoms with E-state index >= 15 is 0 Å². The highest BCUT2D eigenvalue weighted by atomic mass is 32.2. The second-order valence-corrected chi connectivity index (χ2v) is 3.73. The van der Waals surface area contributed by atoms with Crippen LogP contribution in [0.4, 0.5) is 5.69 Å². The van der Waals surface area contributed by atoms with Crippen LogP contribution in [0.15, 0.2) is 47.0 Å². The van der Waals surface area contributed by atoms with Crippen LogP contribution in [0.1, 0.15) is 0 Å². The van der Waals surface area contributed by atoms with Gasteiger partial charge in [-0.05, 0) is 23.9 Å². The first kappa shape index (κ1) is 10.5. The van der Waals surface area contributed by atoms with E-state index in [9.17, 15) is 10.1 Å². The van der Waals surface area contributed by atoms with E-state index in [1.54, 1.807) is 24.5 Å². The maximum Gasteiger partial charge on any atom is 0.287 e. The van der Waals surface area contributed by atoms with Crippen molar-refractivity contribution in [2.45, 2.75) is 10.2 Å². The van der Waals surface area contributed by atoms with Crippen LogP contribution in [0.25, 0.3) is 0 Å². The van der Waals surface area contributed by atoms with Crippen molar-refractivity contribution in [2.75, 3.05) is 0 Å². The SMILES string of the molecule is O=[N+]([O-])c1ccc(Sc2ncccn2)nc1. The van der Waals surface area contributed by atoms with Gasteiger partial charge in [0.25, 0.3) is 5.69 Å². The molecule has 6 nitrogen and oxygen atoms in total. The molecule has 80 valence electrons. The van der Waals surface area contributed by atoms with Crippen molar-refractivity contribution < 1.29 is 4.92 Å². The summed E-state index contributed by atoms with van der Waals surface area (Å²) in [6.07, 6.45) is 4.46. The molecule has 2 rings (SSSR count). The number of hydrogen-bond donors (Lipinski definition) is 0. The average molecular weight is 234 g/mol. The Balaban J connectivity index is 2.14. The van der Waals surface area contributed by atoms with Crippen LogP contribution in [0.5, 0.6) is 0 Å². The molecule has 0 atom stereocenters. The largest absolute Gasteiger partial charge is 0.287 e. The highest BCUT2D eigenvalue weighted by molar-refractivity contribution is 7.99. The van der Waals surface area contributed by atoms with E-state index < -0.39 is 4.92 Å². The van der Waals surface area contributed by atoms with E-state index in [0.717, 1.165) is 0 Å². The summed E-state index contributed by atoms with van der Waals surface area (Å²) in [7, 11) is 0. The molecule has 7 heteroatoms. The standard InChI is InChI=1S/C9H6N4O2S/c14-13(15)7-2-3-8(12-6-7)16-9-10-4-1-5-11-9/h1-6H. The smallest absolute Gasteiger partial charge is 0.258 e. The van der Waals surface area contributed by atoms with E-state index in [0.29, 0.717) is 10.2 Å². The maximum atomic E-state index is 10.4. The van der Waals surface area contributed by atoms with E-state index in [1.165, 1.54) is 24.0 Å². The van der Waals surface area contributed by atoms with Crippen LogP contribution in [-0.2, 0) is 0 Å². The number of nitro groups is 1. The van der Waals surface area contributed by atoms with Gasteiger partial charge in [-0.15, -0.1) is 0 Å². The van der Waals surface area contributed by atoms with Crippen molar-refractivity contribution in [1.29, 1.82) is 0 Å². The van der Waals surface area contributed by atoms with Crippen molar-refractivity contribution in [3.63, 3.8) is 0 Å². The zero-order chi connectivity index (χ0) is 11.4. The molecule has 2 aromatic rings. The van der Waals surface area contributed by atoms with Gasteiger partial charge in [-0.2, -0.15) is 0 Å². The van der Waals surface area contributed by atoms with Gasteiger partial charge >= 0.3 is 0 Å². The van der Waals surface area contributed by atoms with E-state index in [4.69, 9.17) is 0 Å². The molecule has 0 aliphatic heterocycles. The summed E-state index contributed by atoms with van der Waals surface area (Å²) in [6, 6.07) is 4.69. The molecule has 0 radical (unpaired) electrons. The fourth-order valence-electron chi connectivity index (χ4n) is 0.973. The van der Waals surface area contributed by atoms with Crippen molar-refractivity contribution >= 4 is 17.4 Å². The van der Waals surface area contributed by atoms with Gasteiger partial charge < -0.3 is 0 Å². The summed E-state index contributed by atoms with van der Waals surface area (Å²) in [5.74, 6) is 0. The van der Waals surface area contributed by atoms with Gasteiger partial charge in [0.05, 0.1) is 4.92 Å². The normalized spacial score (nSPS) is 10.0. The molecule has 2 aromatic heterocycles. The Morgan fingerprint density at radius 1 is 1.19 bits per heavy atom. The average Bonchev–Trinajstić information content (AvgIpc) is 2.31. The number of hydrogen-bond acceptors (Lipinski definition) is 6. The third-order valence-corrected chi connectivity index (χ3v) is 2.51. The lowest BCUT2D eigenvalue weighted by atomic mass is 10.4. The molecule has 0 spiro atoms. The Kier molecular flexibility index (Phi) is 3.06. The van der Waals surface area contributed by atoms with Crippen molar-refractivity contribution in [1.82, 2.24) is 15.0 Å². The zero-order valence-corrected chi connectivity index (χ0v) is 8.79. The van der Waals surface area contributed by atoms with Gasteiger partial charge in [-0.1, -0.05) is 0 Å². The Labute approximate surface area is 94.9 Å². The summed E-state index contributed by atoms with van der Waals surface area (Å²) in [6.45, 7) is 0. The third-order valence-electron chi connectivity index (χ3n) is 1.67. The molecule has 0 amide bonds. The van der Waals surface area contributed by atoms with Crippen molar-refractivity contribution in [3.8, 4) is 0 Å².